The molecule has 1 saturated heterocycles. The van der Waals surface area contributed by atoms with Crippen molar-refractivity contribution in [2.24, 2.45) is 5.92 Å². The Labute approximate surface area is 196 Å². The smallest absolute Gasteiger partial charge is 0.327 e. The van der Waals surface area contributed by atoms with E-state index in [1.54, 1.807) is 4.31 Å². The summed E-state index contributed by atoms with van der Waals surface area (Å²) in [6.45, 7) is 7.99. The molecule has 0 spiro atoms. The first-order valence-corrected chi connectivity index (χ1v) is 12.3. The number of nitrogens with one attached hydrogen (secondary N) is 1. The van der Waals surface area contributed by atoms with Crippen molar-refractivity contribution in [1.82, 2.24) is 14.5 Å². The Balaban J connectivity index is 1.36. The number of piperazine rings is 1. The van der Waals surface area contributed by atoms with Crippen LogP contribution in [0.25, 0.3) is 0 Å². The Hall–Kier alpha value is -0.820. The van der Waals surface area contributed by atoms with Crippen molar-refractivity contribution >= 4 is 47.7 Å². The summed E-state index contributed by atoms with van der Waals surface area (Å²) in [5.41, 5.74) is 1.04. The Bertz CT molecular complexity index is 692. The summed E-state index contributed by atoms with van der Waals surface area (Å²) < 4.78 is 1.62. The van der Waals surface area contributed by atoms with Crippen LogP contribution in [0.5, 0.6) is 0 Å². The standard InChI is InChI=1S/C22H34Cl2N4OS/c1-2-11-25-22(29)28(30)18-8-6-17(7-9-18)10-12-26-13-15-27(16-14-26)20-5-3-4-19(23)21(20)24/h3-5,17-18,30H,2,6-16H2,1H3,(H,25,29). The predicted molar refractivity (Wildman–Crippen MR) is 130 cm³/mol. The molecular weight excluding hydrogens is 439 g/mol. The van der Waals surface area contributed by atoms with E-state index in [0.29, 0.717) is 16.6 Å². The number of nitrogens with zero attached hydrogens (tertiary/aromatic N) is 3. The molecule has 0 radical (unpaired) electrons. The molecule has 30 heavy (non-hydrogen) atoms. The topological polar surface area (TPSA) is 38.8 Å². The Kier molecular flexibility index (Phi) is 9.30. The number of urea groups is 1. The Morgan fingerprint density at radius 2 is 1.87 bits per heavy atom. The quantitative estimate of drug-likeness (QED) is 0.526. The van der Waals surface area contributed by atoms with Gasteiger partial charge in [0.25, 0.3) is 0 Å². The molecule has 1 saturated carbocycles. The van der Waals surface area contributed by atoms with Crippen LogP contribution in [0.15, 0.2) is 18.2 Å². The fourth-order valence-electron chi connectivity index (χ4n) is 4.47. The van der Waals surface area contributed by atoms with Crippen LogP contribution in [0.3, 0.4) is 0 Å². The first-order chi connectivity index (χ1) is 14.5. The van der Waals surface area contributed by atoms with E-state index in [2.05, 4.69) is 40.9 Å². The monoisotopic (exact) mass is 472 g/mol. The lowest BCUT2D eigenvalue weighted by Crippen LogP contribution is -2.47. The third-order valence-electron chi connectivity index (χ3n) is 6.39. The highest BCUT2D eigenvalue weighted by molar-refractivity contribution is 7.78. The average molecular weight is 474 g/mol. The zero-order valence-electron chi connectivity index (χ0n) is 17.8. The second-order valence-electron chi connectivity index (χ2n) is 8.44. The van der Waals surface area contributed by atoms with Crippen molar-refractivity contribution < 1.29 is 4.79 Å². The summed E-state index contributed by atoms with van der Waals surface area (Å²) in [5.74, 6) is 0.752. The number of anilines is 1. The molecule has 2 fully saturated rings. The van der Waals surface area contributed by atoms with Crippen LogP contribution < -0.4 is 10.2 Å². The van der Waals surface area contributed by atoms with Crippen LogP contribution >= 0.6 is 36.0 Å². The molecule has 1 aliphatic heterocycles. The first kappa shape index (κ1) is 23.8. The van der Waals surface area contributed by atoms with E-state index in [-0.39, 0.29) is 12.1 Å². The van der Waals surface area contributed by atoms with Gasteiger partial charge in [0.15, 0.2) is 0 Å². The van der Waals surface area contributed by atoms with Gasteiger partial charge in [-0.25, -0.2) is 4.79 Å². The summed E-state index contributed by atoms with van der Waals surface area (Å²) in [6.07, 6.45) is 6.64. The Morgan fingerprint density at radius 3 is 2.53 bits per heavy atom. The minimum absolute atomic E-state index is 0.0543. The van der Waals surface area contributed by atoms with Crippen molar-refractivity contribution in [3.05, 3.63) is 28.2 Å². The lowest BCUT2D eigenvalue weighted by atomic mass is 9.84. The van der Waals surface area contributed by atoms with Crippen molar-refractivity contribution in [2.75, 3.05) is 44.2 Å². The number of hydrogen-bond acceptors (Lipinski definition) is 4. The second kappa shape index (κ2) is 11.7. The number of carbonyl (C=O) groups is 1. The van der Waals surface area contributed by atoms with Crippen LogP contribution in [-0.2, 0) is 0 Å². The fraction of sp³-hybridized carbons (Fsp3) is 0.682. The third kappa shape index (κ3) is 6.35. The van der Waals surface area contributed by atoms with Crippen molar-refractivity contribution in [3.63, 3.8) is 0 Å². The maximum Gasteiger partial charge on any atom is 0.327 e. The second-order valence-corrected chi connectivity index (χ2v) is 9.66. The average Bonchev–Trinajstić information content (AvgIpc) is 2.78. The third-order valence-corrected chi connectivity index (χ3v) is 7.71. The number of benzene rings is 1. The molecule has 5 nitrogen and oxygen atoms in total. The van der Waals surface area contributed by atoms with Gasteiger partial charge >= 0.3 is 6.03 Å². The molecule has 3 rings (SSSR count). The summed E-state index contributed by atoms with van der Waals surface area (Å²) in [6, 6.07) is 6.05. The van der Waals surface area contributed by atoms with E-state index in [4.69, 9.17) is 23.2 Å². The summed E-state index contributed by atoms with van der Waals surface area (Å²) in [4.78, 5) is 17.0. The van der Waals surface area contributed by atoms with Crippen molar-refractivity contribution in [3.8, 4) is 0 Å². The van der Waals surface area contributed by atoms with E-state index in [0.717, 1.165) is 63.6 Å². The first-order valence-electron chi connectivity index (χ1n) is 11.2. The van der Waals surface area contributed by atoms with Gasteiger partial charge in [-0.15, -0.1) is 0 Å². The maximum atomic E-state index is 12.1. The molecule has 0 aromatic heterocycles. The molecule has 1 aromatic carbocycles. The van der Waals surface area contributed by atoms with Gasteiger partial charge in [-0.3, -0.25) is 9.21 Å². The number of amides is 2. The highest BCUT2D eigenvalue weighted by atomic mass is 35.5. The summed E-state index contributed by atoms with van der Waals surface area (Å²) in [5, 5.41) is 4.19. The van der Waals surface area contributed by atoms with Gasteiger partial charge in [-0.2, -0.15) is 0 Å². The molecule has 0 bridgehead atoms. The minimum Gasteiger partial charge on any atom is -0.368 e. The molecule has 168 valence electrons. The predicted octanol–water partition coefficient (Wildman–Crippen LogP) is 5.33. The molecule has 8 heteroatoms. The van der Waals surface area contributed by atoms with Gasteiger partial charge in [-0.1, -0.05) is 49.0 Å². The molecule has 0 unspecified atom stereocenters. The number of rotatable bonds is 7. The molecular formula is C22H34Cl2N4OS. The van der Waals surface area contributed by atoms with Crippen LogP contribution in [0, 0.1) is 5.92 Å². The highest BCUT2D eigenvalue weighted by Crippen LogP contribution is 2.33. The highest BCUT2D eigenvalue weighted by Gasteiger charge is 2.28. The minimum atomic E-state index is -0.0543. The zero-order chi connectivity index (χ0) is 21.5. The van der Waals surface area contributed by atoms with Crippen LogP contribution in [-0.4, -0.2) is 60.5 Å². The lowest BCUT2D eigenvalue weighted by molar-refractivity contribution is 0.182. The molecule has 0 atom stereocenters. The van der Waals surface area contributed by atoms with Gasteiger partial charge in [0, 0.05) is 38.8 Å². The summed E-state index contributed by atoms with van der Waals surface area (Å²) >= 11 is 17.0. The maximum absolute atomic E-state index is 12.1. The molecule has 1 N–H and O–H groups in total. The fourth-order valence-corrected chi connectivity index (χ4v) is 5.19. The van der Waals surface area contributed by atoms with Crippen LogP contribution in [0.1, 0.15) is 45.4 Å². The van der Waals surface area contributed by atoms with Crippen molar-refractivity contribution in [2.45, 2.75) is 51.5 Å². The zero-order valence-corrected chi connectivity index (χ0v) is 20.2. The van der Waals surface area contributed by atoms with E-state index in [1.165, 1.54) is 19.3 Å². The van der Waals surface area contributed by atoms with E-state index >= 15 is 0 Å². The molecule has 1 heterocycles. The van der Waals surface area contributed by atoms with Crippen molar-refractivity contribution in [1.29, 1.82) is 0 Å². The lowest BCUT2D eigenvalue weighted by Gasteiger charge is -2.38. The van der Waals surface area contributed by atoms with Crippen LogP contribution in [0.2, 0.25) is 10.0 Å². The van der Waals surface area contributed by atoms with Gasteiger partial charge in [0.2, 0.25) is 0 Å². The van der Waals surface area contributed by atoms with E-state index < -0.39 is 0 Å². The van der Waals surface area contributed by atoms with Crippen LogP contribution in [0.4, 0.5) is 10.5 Å². The van der Waals surface area contributed by atoms with Gasteiger partial charge in [0.05, 0.1) is 15.7 Å². The molecule has 1 aromatic rings. The molecule has 2 amide bonds. The van der Waals surface area contributed by atoms with E-state index in [9.17, 15) is 4.79 Å². The number of hydrogen-bond donors (Lipinski definition) is 2. The molecule has 2 aliphatic rings. The van der Waals surface area contributed by atoms with Gasteiger partial charge in [-0.05, 0) is 63.1 Å². The number of thiol groups is 1. The Morgan fingerprint density at radius 1 is 1.17 bits per heavy atom. The normalized spacial score (nSPS) is 22.7. The SMILES string of the molecule is CCCNC(=O)N(S)C1CCC(CCN2CCN(c3cccc(Cl)c3Cl)CC2)CC1. The summed E-state index contributed by atoms with van der Waals surface area (Å²) in [7, 11) is 0. The molecule has 1 aliphatic carbocycles. The number of halogens is 2. The number of carbonyl (C=O) groups excluding carboxylic acids is 1. The van der Waals surface area contributed by atoms with Gasteiger partial charge in [0.1, 0.15) is 0 Å². The largest absolute Gasteiger partial charge is 0.368 e. The van der Waals surface area contributed by atoms with Gasteiger partial charge < -0.3 is 10.2 Å². The van der Waals surface area contributed by atoms with E-state index in [1.807, 2.05) is 12.1 Å².